The fourth-order valence-corrected chi connectivity index (χ4v) is 3.26. The molecule has 2 nitrogen and oxygen atoms in total. The second-order valence-electron chi connectivity index (χ2n) is 6.65. The number of nitrogens with zero attached hydrogens (tertiary/aromatic N) is 1. The molecular formula is C18H30N2. The molecule has 0 aromatic heterocycles. The van der Waals surface area contributed by atoms with E-state index >= 15 is 0 Å². The molecule has 0 bridgehead atoms. The zero-order valence-corrected chi connectivity index (χ0v) is 13.5. The van der Waals surface area contributed by atoms with Crippen molar-refractivity contribution in [3.8, 4) is 0 Å². The van der Waals surface area contributed by atoms with Gasteiger partial charge in [0, 0.05) is 31.7 Å². The molecule has 0 spiro atoms. The first kappa shape index (κ1) is 15.5. The Morgan fingerprint density at radius 2 is 2.05 bits per heavy atom. The minimum atomic E-state index is 0.654. The maximum atomic E-state index is 3.74. The fourth-order valence-electron chi connectivity index (χ4n) is 3.26. The Kier molecular flexibility index (Phi) is 5.62. The molecule has 0 saturated carbocycles. The molecule has 0 radical (unpaired) electrons. The van der Waals surface area contributed by atoms with Crippen molar-refractivity contribution in [2.75, 3.05) is 13.1 Å². The Labute approximate surface area is 124 Å². The topological polar surface area (TPSA) is 15.3 Å². The molecule has 1 aromatic carbocycles. The number of hydrogen-bond donors (Lipinski definition) is 1. The van der Waals surface area contributed by atoms with Gasteiger partial charge in [-0.1, -0.05) is 45.0 Å². The molecule has 0 aliphatic carbocycles. The Hall–Kier alpha value is -0.860. The van der Waals surface area contributed by atoms with Crippen molar-refractivity contribution in [3.05, 3.63) is 35.4 Å². The van der Waals surface area contributed by atoms with Gasteiger partial charge in [-0.25, -0.2) is 0 Å². The highest BCUT2D eigenvalue weighted by Crippen LogP contribution is 2.19. The highest BCUT2D eigenvalue weighted by molar-refractivity contribution is 5.25. The van der Waals surface area contributed by atoms with Gasteiger partial charge < -0.3 is 5.32 Å². The average Bonchev–Trinajstić information content (AvgIpc) is 2.41. The van der Waals surface area contributed by atoms with E-state index in [0.717, 1.165) is 19.0 Å². The van der Waals surface area contributed by atoms with Gasteiger partial charge in [0.1, 0.15) is 0 Å². The fraction of sp³-hybridized carbons (Fsp3) is 0.667. The molecule has 2 rings (SSSR count). The SMILES string of the molecule is CCC1CNC(CC(C)C)CN1Cc1ccccc1C. The third kappa shape index (κ3) is 4.07. The maximum absolute atomic E-state index is 3.74. The van der Waals surface area contributed by atoms with E-state index in [1.165, 1.54) is 30.5 Å². The smallest absolute Gasteiger partial charge is 0.0240 e. The maximum Gasteiger partial charge on any atom is 0.0240 e. The zero-order chi connectivity index (χ0) is 14.5. The lowest BCUT2D eigenvalue weighted by Crippen LogP contribution is -2.56. The van der Waals surface area contributed by atoms with Crippen LogP contribution in [0.3, 0.4) is 0 Å². The minimum absolute atomic E-state index is 0.654. The first-order valence-electron chi connectivity index (χ1n) is 8.12. The van der Waals surface area contributed by atoms with Crippen LogP contribution in [0.25, 0.3) is 0 Å². The summed E-state index contributed by atoms with van der Waals surface area (Å²) < 4.78 is 0. The second-order valence-corrected chi connectivity index (χ2v) is 6.65. The molecule has 1 aromatic rings. The van der Waals surface area contributed by atoms with Crippen LogP contribution in [0.1, 0.15) is 44.7 Å². The molecule has 1 saturated heterocycles. The summed E-state index contributed by atoms with van der Waals surface area (Å²) in [7, 11) is 0. The molecule has 112 valence electrons. The van der Waals surface area contributed by atoms with Crippen LogP contribution in [0, 0.1) is 12.8 Å². The van der Waals surface area contributed by atoms with E-state index in [0.29, 0.717) is 12.1 Å². The molecule has 2 atom stereocenters. The number of aryl methyl sites for hydroxylation is 1. The van der Waals surface area contributed by atoms with E-state index in [1.807, 2.05) is 0 Å². The molecule has 1 heterocycles. The largest absolute Gasteiger partial charge is 0.311 e. The normalized spacial score (nSPS) is 24.2. The van der Waals surface area contributed by atoms with Gasteiger partial charge in [0.25, 0.3) is 0 Å². The Morgan fingerprint density at radius 1 is 1.30 bits per heavy atom. The van der Waals surface area contributed by atoms with E-state index in [-0.39, 0.29) is 0 Å². The van der Waals surface area contributed by atoms with E-state index in [4.69, 9.17) is 0 Å². The second kappa shape index (κ2) is 7.24. The van der Waals surface area contributed by atoms with E-state index in [2.05, 4.69) is 62.2 Å². The molecule has 20 heavy (non-hydrogen) atoms. The lowest BCUT2D eigenvalue weighted by atomic mass is 9.98. The van der Waals surface area contributed by atoms with Gasteiger partial charge in [0.05, 0.1) is 0 Å². The number of hydrogen-bond acceptors (Lipinski definition) is 2. The van der Waals surface area contributed by atoms with Crippen LogP contribution in [-0.4, -0.2) is 30.1 Å². The van der Waals surface area contributed by atoms with Gasteiger partial charge >= 0.3 is 0 Å². The van der Waals surface area contributed by atoms with E-state index in [1.54, 1.807) is 0 Å². The van der Waals surface area contributed by atoms with Crippen LogP contribution >= 0.6 is 0 Å². The molecule has 1 aliphatic rings. The summed E-state index contributed by atoms with van der Waals surface area (Å²) in [5, 5.41) is 3.74. The van der Waals surface area contributed by atoms with Crippen LogP contribution in [0.5, 0.6) is 0 Å². The molecule has 1 N–H and O–H groups in total. The van der Waals surface area contributed by atoms with Crippen molar-refractivity contribution in [2.24, 2.45) is 5.92 Å². The molecule has 1 fully saturated rings. The van der Waals surface area contributed by atoms with Crippen molar-refractivity contribution in [2.45, 2.75) is 59.2 Å². The highest BCUT2D eigenvalue weighted by Gasteiger charge is 2.27. The molecule has 2 heteroatoms. The summed E-state index contributed by atoms with van der Waals surface area (Å²) >= 11 is 0. The van der Waals surface area contributed by atoms with Crippen LogP contribution in [0.2, 0.25) is 0 Å². The number of rotatable bonds is 5. The molecular weight excluding hydrogens is 244 g/mol. The number of piperazine rings is 1. The predicted octanol–water partition coefficient (Wildman–Crippen LogP) is 3.59. The van der Waals surface area contributed by atoms with Gasteiger partial charge in [-0.15, -0.1) is 0 Å². The summed E-state index contributed by atoms with van der Waals surface area (Å²) in [6.45, 7) is 12.6. The van der Waals surface area contributed by atoms with Crippen LogP contribution in [0.4, 0.5) is 0 Å². The van der Waals surface area contributed by atoms with Crippen molar-refractivity contribution in [1.29, 1.82) is 0 Å². The van der Waals surface area contributed by atoms with Crippen LogP contribution < -0.4 is 5.32 Å². The Morgan fingerprint density at radius 3 is 2.70 bits per heavy atom. The predicted molar refractivity (Wildman–Crippen MR) is 86.9 cm³/mol. The van der Waals surface area contributed by atoms with Crippen molar-refractivity contribution in [1.82, 2.24) is 10.2 Å². The Balaban J connectivity index is 2.03. The highest BCUT2D eigenvalue weighted by atomic mass is 15.2. The lowest BCUT2D eigenvalue weighted by molar-refractivity contribution is 0.111. The third-order valence-corrected chi connectivity index (χ3v) is 4.48. The molecule has 2 unspecified atom stereocenters. The monoisotopic (exact) mass is 274 g/mol. The summed E-state index contributed by atoms with van der Waals surface area (Å²) in [6, 6.07) is 10.1. The van der Waals surface area contributed by atoms with E-state index in [9.17, 15) is 0 Å². The minimum Gasteiger partial charge on any atom is -0.311 e. The van der Waals surface area contributed by atoms with Gasteiger partial charge in [-0.3, -0.25) is 4.90 Å². The lowest BCUT2D eigenvalue weighted by Gasteiger charge is -2.41. The van der Waals surface area contributed by atoms with Crippen molar-refractivity contribution in [3.63, 3.8) is 0 Å². The summed E-state index contributed by atoms with van der Waals surface area (Å²) in [5.41, 5.74) is 2.90. The van der Waals surface area contributed by atoms with Crippen molar-refractivity contribution >= 4 is 0 Å². The number of nitrogens with one attached hydrogen (secondary N) is 1. The average molecular weight is 274 g/mol. The molecule has 0 amide bonds. The van der Waals surface area contributed by atoms with Gasteiger partial charge in [-0.05, 0) is 36.8 Å². The first-order chi connectivity index (χ1) is 9.60. The van der Waals surface area contributed by atoms with Crippen molar-refractivity contribution < 1.29 is 0 Å². The molecule has 1 aliphatic heterocycles. The standard InChI is InChI=1S/C18H30N2/c1-5-18-11-19-17(10-14(2)3)13-20(18)12-16-9-7-6-8-15(16)4/h6-9,14,17-19H,5,10-13H2,1-4H3. The summed E-state index contributed by atoms with van der Waals surface area (Å²) in [5.74, 6) is 0.769. The van der Waals surface area contributed by atoms with Crippen LogP contribution in [0.15, 0.2) is 24.3 Å². The number of benzene rings is 1. The van der Waals surface area contributed by atoms with Gasteiger partial charge in [-0.2, -0.15) is 0 Å². The van der Waals surface area contributed by atoms with E-state index < -0.39 is 0 Å². The van der Waals surface area contributed by atoms with Gasteiger partial charge in [0.15, 0.2) is 0 Å². The first-order valence-corrected chi connectivity index (χ1v) is 8.12. The quantitative estimate of drug-likeness (QED) is 0.882. The van der Waals surface area contributed by atoms with Gasteiger partial charge in [0.2, 0.25) is 0 Å². The Bertz CT molecular complexity index is 414. The summed E-state index contributed by atoms with van der Waals surface area (Å²) in [6.07, 6.45) is 2.51. The third-order valence-electron chi connectivity index (χ3n) is 4.48. The zero-order valence-electron chi connectivity index (χ0n) is 13.5. The van der Waals surface area contributed by atoms with Crippen LogP contribution in [-0.2, 0) is 6.54 Å². The summed E-state index contributed by atoms with van der Waals surface area (Å²) in [4.78, 5) is 2.69.